The number of primary amides is 1. The van der Waals surface area contributed by atoms with Crippen LogP contribution in [0.15, 0.2) is 59.0 Å². The van der Waals surface area contributed by atoms with E-state index in [4.69, 9.17) is 14.9 Å². The van der Waals surface area contributed by atoms with Gasteiger partial charge in [0.25, 0.3) is 0 Å². The number of benzene rings is 2. The highest BCUT2D eigenvalue weighted by atomic mass is 16.5. The van der Waals surface area contributed by atoms with Gasteiger partial charge < -0.3 is 14.9 Å². The van der Waals surface area contributed by atoms with E-state index in [1.165, 1.54) is 24.3 Å². The van der Waals surface area contributed by atoms with Crippen LogP contribution in [0.4, 0.5) is 0 Å². The van der Waals surface area contributed by atoms with Gasteiger partial charge in [-0.1, -0.05) is 18.2 Å². The Bertz CT molecular complexity index is 899. The normalized spacial score (nSPS) is 10.4. The number of aryl methyl sites for hydroxylation is 1. The summed E-state index contributed by atoms with van der Waals surface area (Å²) in [5.74, 6) is 0.0111. The minimum absolute atomic E-state index is 0.00142. The van der Waals surface area contributed by atoms with Gasteiger partial charge in [0.15, 0.2) is 0 Å². The Labute approximate surface area is 144 Å². The van der Waals surface area contributed by atoms with Crippen LogP contribution < -0.4 is 5.73 Å². The van der Waals surface area contributed by atoms with Gasteiger partial charge in [-0.05, 0) is 43.3 Å². The number of hydrogen-bond donors (Lipinski definition) is 1. The van der Waals surface area contributed by atoms with Crippen molar-refractivity contribution in [2.75, 3.05) is 0 Å². The number of esters is 1. The molecule has 1 aromatic heterocycles. The van der Waals surface area contributed by atoms with Crippen LogP contribution in [-0.4, -0.2) is 16.9 Å². The van der Waals surface area contributed by atoms with Crippen molar-refractivity contribution >= 4 is 11.9 Å². The summed E-state index contributed by atoms with van der Waals surface area (Å²) in [5, 5.41) is 0. The van der Waals surface area contributed by atoms with Gasteiger partial charge in [0.05, 0.1) is 5.56 Å². The van der Waals surface area contributed by atoms with Crippen LogP contribution >= 0.6 is 0 Å². The zero-order valence-electron chi connectivity index (χ0n) is 13.6. The number of ether oxygens (including phenoxy) is 1. The first kappa shape index (κ1) is 16.4. The van der Waals surface area contributed by atoms with Crippen molar-refractivity contribution in [1.29, 1.82) is 0 Å². The van der Waals surface area contributed by atoms with E-state index < -0.39 is 11.9 Å². The summed E-state index contributed by atoms with van der Waals surface area (Å²) >= 11 is 0. The number of nitrogens with two attached hydrogens (primary N) is 1. The van der Waals surface area contributed by atoms with Crippen molar-refractivity contribution in [1.82, 2.24) is 4.98 Å². The Balaban J connectivity index is 1.68. The number of carbonyl (C=O) groups excluding carboxylic acids is 2. The maximum atomic E-state index is 12.1. The molecule has 2 aromatic carbocycles. The average Bonchev–Trinajstić information content (AvgIpc) is 3.01. The standard InChI is InChI=1S/C19H16N2O4/c1-12-16(21-18(25-12)14-5-3-2-4-6-14)11-24-19(23)15-9-7-13(8-10-15)17(20)22/h2-10H,11H2,1H3,(H2,20,22). The maximum Gasteiger partial charge on any atom is 0.338 e. The first-order valence-corrected chi connectivity index (χ1v) is 7.63. The monoisotopic (exact) mass is 336 g/mol. The zero-order valence-corrected chi connectivity index (χ0v) is 13.6. The molecular weight excluding hydrogens is 320 g/mol. The molecule has 25 heavy (non-hydrogen) atoms. The largest absolute Gasteiger partial charge is 0.455 e. The molecule has 0 aliphatic rings. The van der Waals surface area contributed by atoms with E-state index in [9.17, 15) is 9.59 Å². The van der Waals surface area contributed by atoms with Gasteiger partial charge in [-0.25, -0.2) is 9.78 Å². The molecule has 3 rings (SSSR count). The Morgan fingerprint density at radius 3 is 2.32 bits per heavy atom. The molecule has 0 radical (unpaired) electrons. The van der Waals surface area contributed by atoms with Crippen LogP contribution in [0, 0.1) is 6.92 Å². The quantitative estimate of drug-likeness (QED) is 0.722. The summed E-state index contributed by atoms with van der Waals surface area (Å²) in [4.78, 5) is 27.5. The molecule has 0 bridgehead atoms. The number of nitrogens with zero attached hydrogens (tertiary/aromatic N) is 1. The van der Waals surface area contributed by atoms with E-state index in [0.717, 1.165) is 5.56 Å². The molecule has 126 valence electrons. The lowest BCUT2D eigenvalue weighted by molar-refractivity contribution is 0.0466. The van der Waals surface area contributed by atoms with Crippen LogP contribution in [0.5, 0.6) is 0 Å². The Hall–Kier alpha value is -3.41. The second-order valence-electron chi connectivity index (χ2n) is 5.41. The fourth-order valence-corrected chi connectivity index (χ4v) is 2.25. The van der Waals surface area contributed by atoms with Crippen LogP contribution in [0.2, 0.25) is 0 Å². The third-order valence-electron chi connectivity index (χ3n) is 3.66. The molecule has 0 atom stereocenters. The second-order valence-corrected chi connectivity index (χ2v) is 5.41. The third-order valence-corrected chi connectivity index (χ3v) is 3.66. The Morgan fingerprint density at radius 2 is 1.68 bits per heavy atom. The molecule has 0 aliphatic carbocycles. The van der Waals surface area contributed by atoms with Gasteiger partial charge in [0, 0.05) is 11.1 Å². The number of oxazole rings is 1. The molecular formula is C19H16N2O4. The third kappa shape index (κ3) is 3.74. The SMILES string of the molecule is Cc1oc(-c2ccccc2)nc1COC(=O)c1ccc(C(N)=O)cc1. The minimum Gasteiger partial charge on any atom is -0.455 e. The lowest BCUT2D eigenvalue weighted by atomic mass is 10.1. The molecule has 0 unspecified atom stereocenters. The van der Waals surface area contributed by atoms with E-state index in [0.29, 0.717) is 28.5 Å². The molecule has 0 spiro atoms. The van der Waals surface area contributed by atoms with E-state index in [1.54, 1.807) is 6.92 Å². The second kappa shape index (κ2) is 7.00. The molecule has 1 heterocycles. The first-order chi connectivity index (χ1) is 12.0. The highest BCUT2D eigenvalue weighted by Gasteiger charge is 2.14. The van der Waals surface area contributed by atoms with Gasteiger partial charge in [-0.15, -0.1) is 0 Å². The molecule has 2 N–H and O–H groups in total. The lowest BCUT2D eigenvalue weighted by Gasteiger charge is -2.03. The van der Waals surface area contributed by atoms with Crippen molar-refractivity contribution < 1.29 is 18.7 Å². The highest BCUT2D eigenvalue weighted by molar-refractivity contribution is 5.95. The summed E-state index contributed by atoms with van der Waals surface area (Å²) in [5.41, 5.74) is 7.23. The molecule has 6 heteroatoms. The van der Waals surface area contributed by atoms with E-state index in [2.05, 4.69) is 4.98 Å². The summed E-state index contributed by atoms with van der Waals surface area (Å²) in [7, 11) is 0. The van der Waals surface area contributed by atoms with Crippen LogP contribution in [0.3, 0.4) is 0 Å². The molecule has 6 nitrogen and oxygen atoms in total. The van der Waals surface area contributed by atoms with Gasteiger partial charge in [0.1, 0.15) is 18.1 Å². The summed E-state index contributed by atoms with van der Waals surface area (Å²) in [6, 6.07) is 15.4. The van der Waals surface area contributed by atoms with E-state index in [-0.39, 0.29) is 6.61 Å². The van der Waals surface area contributed by atoms with Crippen LogP contribution in [-0.2, 0) is 11.3 Å². The summed E-state index contributed by atoms with van der Waals surface area (Å²) < 4.78 is 10.9. The number of rotatable bonds is 5. The first-order valence-electron chi connectivity index (χ1n) is 7.63. The zero-order chi connectivity index (χ0) is 17.8. The summed E-state index contributed by atoms with van der Waals surface area (Å²) in [6.07, 6.45) is 0. The number of hydrogen-bond acceptors (Lipinski definition) is 5. The minimum atomic E-state index is -0.549. The van der Waals surface area contributed by atoms with Gasteiger partial charge >= 0.3 is 5.97 Å². The lowest BCUT2D eigenvalue weighted by Crippen LogP contribution is -2.11. The maximum absolute atomic E-state index is 12.1. The molecule has 0 fully saturated rings. The Morgan fingerprint density at radius 1 is 1.04 bits per heavy atom. The van der Waals surface area contributed by atoms with Crippen molar-refractivity contribution in [3.05, 3.63) is 77.2 Å². The van der Waals surface area contributed by atoms with Crippen molar-refractivity contribution in [2.24, 2.45) is 5.73 Å². The predicted octanol–water partition coefficient (Wildman–Crippen LogP) is 3.11. The fourth-order valence-electron chi connectivity index (χ4n) is 2.25. The van der Waals surface area contributed by atoms with Crippen molar-refractivity contribution in [3.63, 3.8) is 0 Å². The topological polar surface area (TPSA) is 95.4 Å². The van der Waals surface area contributed by atoms with Crippen molar-refractivity contribution in [2.45, 2.75) is 13.5 Å². The number of amides is 1. The molecule has 0 saturated carbocycles. The smallest absolute Gasteiger partial charge is 0.338 e. The van der Waals surface area contributed by atoms with Crippen molar-refractivity contribution in [3.8, 4) is 11.5 Å². The molecule has 0 aliphatic heterocycles. The van der Waals surface area contributed by atoms with Gasteiger partial charge in [0.2, 0.25) is 11.8 Å². The fraction of sp³-hybridized carbons (Fsp3) is 0.105. The molecule has 0 saturated heterocycles. The van der Waals surface area contributed by atoms with Gasteiger partial charge in [-0.2, -0.15) is 0 Å². The Kier molecular flexibility index (Phi) is 4.61. The summed E-state index contributed by atoms with van der Waals surface area (Å²) in [6.45, 7) is 1.77. The predicted molar refractivity (Wildman–Crippen MR) is 90.8 cm³/mol. The van der Waals surface area contributed by atoms with Crippen LogP contribution in [0.25, 0.3) is 11.5 Å². The number of carbonyl (C=O) groups is 2. The van der Waals surface area contributed by atoms with E-state index >= 15 is 0 Å². The number of aromatic nitrogens is 1. The van der Waals surface area contributed by atoms with Gasteiger partial charge in [-0.3, -0.25) is 4.79 Å². The molecule has 1 amide bonds. The highest BCUT2D eigenvalue weighted by Crippen LogP contribution is 2.22. The van der Waals surface area contributed by atoms with Crippen LogP contribution in [0.1, 0.15) is 32.2 Å². The molecule has 3 aromatic rings. The average molecular weight is 336 g/mol. The van der Waals surface area contributed by atoms with E-state index in [1.807, 2.05) is 30.3 Å².